The first-order valence-electron chi connectivity index (χ1n) is 10.7. The molecular formula is C23H31BN2O4. The summed E-state index contributed by atoms with van der Waals surface area (Å²) in [5.41, 5.74) is 0.528. The Labute approximate surface area is 179 Å². The van der Waals surface area contributed by atoms with E-state index in [1.54, 1.807) is 12.4 Å². The van der Waals surface area contributed by atoms with E-state index in [1.165, 1.54) is 0 Å². The third-order valence-electron chi connectivity index (χ3n) is 6.61. The zero-order chi connectivity index (χ0) is 21.6. The largest absolute Gasteiger partial charge is 0.494 e. The molecule has 6 nitrogen and oxygen atoms in total. The van der Waals surface area contributed by atoms with E-state index >= 15 is 0 Å². The van der Waals surface area contributed by atoms with Gasteiger partial charge in [-0.2, -0.15) is 0 Å². The molecule has 1 saturated carbocycles. The Morgan fingerprint density at radius 1 is 1.00 bits per heavy atom. The van der Waals surface area contributed by atoms with Crippen molar-refractivity contribution in [2.75, 3.05) is 0 Å². The van der Waals surface area contributed by atoms with Crippen molar-refractivity contribution in [3.05, 3.63) is 36.7 Å². The van der Waals surface area contributed by atoms with Gasteiger partial charge in [-0.15, -0.1) is 0 Å². The van der Waals surface area contributed by atoms with Crippen LogP contribution in [0, 0.1) is 0 Å². The molecule has 2 fully saturated rings. The molecule has 30 heavy (non-hydrogen) atoms. The molecule has 0 amide bonds. The Bertz CT molecular complexity index is 872. The van der Waals surface area contributed by atoms with Crippen LogP contribution < -0.4 is 10.2 Å². The molecule has 7 heteroatoms. The summed E-state index contributed by atoms with van der Waals surface area (Å²) in [6.45, 7) is 10.1. The number of rotatable bonds is 4. The molecule has 0 radical (unpaired) electrons. The minimum Gasteiger partial charge on any atom is -0.487 e. The van der Waals surface area contributed by atoms with E-state index in [4.69, 9.17) is 14.0 Å². The van der Waals surface area contributed by atoms with Gasteiger partial charge in [-0.05, 0) is 65.8 Å². The summed E-state index contributed by atoms with van der Waals surface area (Å²) in [5.74, 6) is 1.29. The monoisotopic (exact) mass is 410 g/mol. The van der Waals surface area contributed by atoms with Crippen molar-refractivity contribution in [3.63, 3.8) is 0 Å². The number of nitrogens with zero attached hydrogens (tertiary/aromatic N) is 2. The molecule has 0 atom stereocenters. The van der Waals surface area contributed by atoms with Crippen LogP contribution in [0.1, 0.15) is 60.3 Å². The van der Waals surface area contributed by atoms with Crippen LogP contribution in [0.4, 0.5) is 0 Å². The Kier molecular flexibility index (Phi) is 5.41. The molecule has 4 rings (SSSR count). The van der Waals surface area contributed by atoms with Gasteiger partial charge in [-0.1, -0.05) is 24.3 Å². The van der Waals surface area contributed by atoms with Crippen LogP contribution in [0.3, 0.4) is 0 Å². The maximum atomic E-state index is 10.1. The number of aliphatic hydroxyl groups is 1. The van der Waals surface area contributed by atoms with Gasteiger partial charge in [0.15, 0.2) is 11.6 Å². The highest BCUT2D eigenvalue weighted by atomic mass is 16.7. The summed E-state index contributed by atoms with van der Waals surface area (Å²) >= 11 is 0. The highest BCUT2D eigenvalue weighted by Gasteiger charge is 2.51. The SMILES string of the molecule is CC1(O)CCC(Oc2cnc(-c3cccc(B4OC(C)(C)C(C)(C)O4)c3)nc2)CC1. The van der Waals surface area contributed by atoms with Crippen LogP contribution in [-0.2, 0) is 9.31 Å². The fourth-order valence-corrected chi connectivity index (χ4v) is 3.85. The van der Waals surface area contributed by atoms with Gasteiger partial charge in [0, 0.05) is 5.56 Å². The number of hydrogen-bond donors (Lipinski definition) is 1. The van der Waals surface area contributed by atoms with Crippen LogP contribution in [0.15, 0.2) is 36.7 Å². The van der Waals surface area contributed by atoms with Crippen molar-refractivity contribution in [2.24, 2.45) is 0 Å². The number of benzene rings is 1. The van der Waals surface area contributed by atoms with Gasteiger partial charge in [-0.25, -0.2) is 9.97 Å². The van der Waals surface area contributed by atoms with Crippen molar-refractivity contribution >= 4 is 12.6 Å². The second kappa shape index (κ2) is 7.63. The molecule has 1 aliphatic carbocycles. The van der Waals surface area contributed by atoms with E-state index in [2.05, 4.69) is 9.97 Å². The average Bonchev–Trinajstić information content (AvgIpc) is 2.92. The first kappa shape index (κ1) is 21.3. The van der Waals surface area contributed by atoms with Crippen molar-refractivity contribution in [1.82, 2.24) is 9.97 Å². The highest BCUT2D eigenvalue weighted by molar-refractivity contribution is 6.62. The molecule has 2 heterocycles. The van der Waals surface area contributed by atoms with Gasteiger partial charge < -0.3 is 19.2 Å². The van der Waals surface area contributed by atoms with Crippen molar-refractivity contribution in [3.8, 4) is 17.1 Å². The molecule has 1 N–H and O–H groups in total. The summed E-state index contributed by atoms with van der Waals surface area (Å²) in [4.78, 5) is 9.00. The van der Waals surface area contributed by atoms with E-state index in [0.717, 1.165) is 36.7 Å². The normalized spacial score (nSPS) is 27.8. The summed E-state index contributed by atoms with van der Waals surface area (Å²) in [5, 5.41) is 10.1. The van der Waals surface area contributed by atoms with Gasteiger partial charge >= 0.3 is 7.12 Å². The molecule has 1 aliphatic heterocycles. The minimum atomic E-state index is -0.567. The van der Waals surface area contributed by atoms with Gasteiger partial charge in [0.2, 0.25) is 0 Å². The molecule has 0 unspecified atom stereocenters. The lowest BCUT2D eigenvalue weighted by Gasteiger charge is -2.32. The topological polar surface area (TPSA) is 73.7 Å². The van der Waals surface area contributed by atoms with E-state index in [9.17, 15) is 5.11 Å². The van der Waals surface area contributed by atoms with E-state index < -0.39 is 12.7 Å². The number of aromatic nitrogens is 2. The Balaban J connectivity index is 1.44. The van der Waals surface area contributed by atoms with Crippen LogP contribution in [0.5, 0.6) is 5.75 Å². The quantitative estimate of drug-likeness (QED) is 0.778. The van der Waals surface area contributed by atoms with Crippen LogP contribution in [0.2, 0.25) is 0 Å². The van der Waals surface area contributed by atoms with E-state index in [1.807, 2.05) is 58.9 Å². The lowest BCUT2D eigenvalue weighted by Crippen LogP contribution is -2.41. The highest BCUT2D eigenvalue weighted by Crippen LogP contribution is 2.36. The van der Waals surface area contributed by atoms with Crippen LogP contribution in [-0.4, -0.2) is 45.1 Å². The first-order valence-corrected chi connectivity index (χ1v) is 10.7. The van der Waals surface area contributed by atoms with Crippen molar-refractivity contribution in [2.45, 2.75) is 83.2 Å². The van der Waals surface area contributed by atoms with Gasteiger partial charge in [-0.3, -0.25) is 0 Å². The smallest absolute Gasteiger partial charge is 0.487 e. The fourth-order valence-electron chi connectivity index (χ4n) is 3.85. The first-order chi connectivity index (χ1) is 14.0. The summed E-state index contributed by atoms with van der Waals surface area (Å²) in [6, 6.07) is 7.97. The molecule has 0 bridgehead atoms. The van der Waals surface area contributed by atoms with E-state index in [-0.39, 0.29) is 17.3 Å². The zero-order valence-electron chi connectivity index (χ0n) is 18.5. The lowest BCUT2D eigenvalue weighted by molar-refractivity contribution is -0.0109. The Morgan fingerprint density at radius 2 is 1.60 bits per heavy atom. The predicted molar refractivity (Wildman–Crippen MR) is 117 cm³/mol. The van der Waals surface area contributed by atoms with E-state index in [0.29, 0.717) is 11.6 Å². The summed E-state index contributed by atoms with van der Waals surface area (Å²) < 4.78 is 18.3. The maximum Gasteiger partial charge on any atom is 0.494 e. The predicted octanol–water partition coefficient (Wildman–Crippen LogP) is 3.52. The molecular weight excluding hydrogens is 379 g/mol. The Morgan fingerprint density at radius 3 is 2.20 bits per heavy atom. The van der Waals surface area contributed by atoms with Gasteiger partial charge in [0.1, 0.15) is 0 Å². The third-order valence-corrected chi connectivity index (χ3v) is 6.61. The molecule has 0 spiro atoms. The molecule has 1 saturated heterocycles. The standard InChI is InChI=1S/C23H31BN2O4/c1-21(2)22(3,4)30-24(29-21)17-8-6-7-16(13-17)20-25-14-19(15-26-20)28-18-9-11-23(5,27)12-10-18/h6-8,13-15,18,27H,9-12H2,1-5H3. The number of hydrogen-bond acceptors (Lipinski definition) is 6. The molecule has 1 aromatic heterocycles. The maximum absolute atomic E-state index is 10.1. The summed E-state index contributed by atoms with van der Waals surface area (Å²) in [7, 11) is -0.416. The van der Waals surface area contributed by atoms with Crippen molar-refractivity contribution in [1.29, 1.82) is 0 Å². The number of ether oxygens (including phenoxy) is 1. The Hall–Kier alpha value is -1.96. The second-order valence-corrected chi connectivity index (χ2v) is 9.77. The fraction of sp³-hybridized carbons (Fsp3) is 0.565. The van der Waals surface area contributed by atoms with Gasteiger partial charge in [0.05, 0.1) is 35.3 Å². The average molecular weight is 410 g/mol. The molecule has 160 valence electrons. The molecule has 1 aromatic carbocycles. The zero-order valence-corrected chi connectivity index (χ0v) is 18.5. The van der Waals surface area contributed by atoms with Gasteiger partial charge in [0.25, 0.3) is 0 Å². The van der Waals surface area contributed by atoms with Crippen LogP contribution >= 0.6 is 0 Å². The van der Waals surface area contributed by atoms with Crippen molar-refractivity contribution < 1.29 is 19.2 Å². The minimum absolute atomic E-state index is 0.103. The second-order valence-electron chi connectivity index (χ2n) is 9.77. The molecule has 2 aromatic rings. The van der Waals surface area contributed by atoms with Crippen LogP contribution in [0.25, 0.3) is 11.4 Å². The summed E-state index contributed by atoms with van der Waals surface area (Å²) in [6.07, 6.45) is 6.72. The molecule has 2 aliphatic rings. The third kappa shape index (κ3) is 4.38. The lowest BCUT2D eigenvalue weighted by atomic mass is 9.78.